The number of carbonyl (C=O) groups excluding carboxylic acids is 2. The molecule has 2 N–H and O–H groups in total. The van der Waals surface area contributed by atoms with E-state index in [1.54, 1.807) is 12.2 Å². The van der Waals surface area contributed by atoms with Crippen LogP contribution in [0.1, 0.15) is 53.4 Å². The van der Waals surface area contributed by atoms with Crippen LogP contribution in [0.5, 0.6) is 0 Å². The molecule has 3 heterocycles. The molecule has 0 radical (unpaired) electrons. The van der Waals surface area contributed by atoms with Gasteiger partial charge in [-0.15, -0.1) is 0 Å². The van der Waals surface area contributed by atoms with Crippen LogP contribution in [0.25, 0.3) is 0 Å². The normalized spacial score (nSPS) is 37.5. The van der Waals surface area contributed by atoms with Crippen LogP contribution in [0.4, 0.5) is 0 Å². The second-order valence-corrected chi connectivity index (χ2v) is 10.4. The Labute approximate surface area is 208 Å². The van der Waals surface area contributed by atoms with Crippen LogP contribution in [0.15, 0.2) is 36.5 Å². The number of hydrogen-bond donors (Lipinski definition) is 2. The second kappa shape index (κ2) is 12.3. The number of allylic oxidation sites excluding steroid dienone is 3. The Balaban J connectivity index is 1.47. The Morgan fingerprint density at radius 1 is 1.23 bits per heavy atom. The molecule has 0 aromatic carbocycles. The number of carbonyl (C=O) groups is 2. The van der Waals surface area contributed by atoms with E-state index in [4.69, 9.17) is 18.9 Å². The number of amides is 1. The van der Waals surface area contributed by atoms with E-state index in [1.165, 1.54) is 7.11 Å². The molecule has 1 spiro atoms. The number of ether oxygens (including phenoxy) is 4. The second-order valence-electron chi connectivity index (χ2n) is 10.4. The van der Waals surface area contributed by atoms with Crippen molar-refractivity contribution in [3.63, 3.8) is 0 Å². The zero-order chi connectivity index (χ0) is 25.6. The van der Waals surface area contributed by atoms with E-state index >= 15 is 0 Å². The molecule has 8 heteroatoms. The van der Waals surface area contributed by atoms with E-state index < -0.39 is 17.8 Å². The van der Waals surface area contributed by atoms with Crippen LogP contribution in [0.2, 0.25) is 0 Å². The maximum Gasteiger partial charge on any atom is 0.308 e. The quantitative estimate of drug-likeness (QED) is 0.221. The molecule has 3 fully saturated rings. The highest BCUT2D eigenvalue weighted by Crippen LogP contribution is 2.43. The zero-order valence-electron chi connectivity index (χ0n) is 21.5. The lowest BCUT2D eigenvalue weighted by atomic mass is 9.87. The fraction of sp³-hybridized carbons (Fsp3) is 0.704. The van der Waals surface area contributed by atoms with Gasteiger partial charge in [0.05, 0.1) is 44.5 Å². The smallest absolute Gasteiger partial charge is 0.308 e. The Morgan fingerprint density at radius 3 is 2.63 bits per heavy atom. The van der Waals surface area contributed by atoms with E-state index in [9.17, 15) is 14.7 Å². The van der Waals surface area contributed by atoms with Crippen LogP contribution >= 0.6 is 0 Å². The molecule has 0 aliphatic carbocycles. The van der Waals surface area contributed by atoms with E-state index in [1.807, 2.05) is 45.1 Å². The lowest BCUT2D eigenvalue weighted by molar-refractivity contribution is -0.157. The molecule has 0 unspecified atom stereocenters. The summed E-state index contributed by atoms with van der Waals surface area (Å²) in [4.78, 5) is 23.8. The average Bonchev–Trinajstić information content (AvgIpc) is 3.58. The Morgan fingerprint density at radius 2 is 1.97 bits per heavy atom. The highest BCUT2D eigenvalue weighted by Gasteiger charge is 2.58. The van der Waals surface area contributed by atoms with Crippen molar-refractivity contribution in [1.29, 1.82) is 0 Å². The van der Waals surface area contributed by atoms with Gasteiger partial charge in [-0.2, -0.15) is 0 Å². The first-order valence-electron chi connectivity index (χ1n) is 12.7. The summed E-state index contributed by atoms with van der Waals surface area (Å²) in [5, 5.41) is 13.7. The Hall–Kier alpha value is -2.00. The summed E-state index contributed by atoms with van der Waals surface area (Å²) in [6.45, 7) is 8.69. The first kappa shape index (κ1) is 27.6. The van der Waals surface area contributed by atoms with Gasteiger partial charge in [-0.1, -0.05) is 51.2 Å². The number of methoxy groups -OCH3 is 1. The Bertz CT molecular complexity index is 816. The minimum atomic E-state index is -0.772. The summed E-state index contributed by atoms with van der Waals surface area (Å²) in [5.41, 5.74) is -0.617. The predicted molar refractivity (Wildman–Crippen MR) is 132 cm³/mol. The third kappa shape index (κ3) is 7.74. The summed E-state index contributed by atoms with van der Waals surface area (Å²) in [5.74, 6) is 0.222. The molecule has 8 nitrogen and oxygen atoms in total. The highest BCUT2D eigenvalue weighted by molar-refractivity contribution is 5.87. The zero-order valence-corrected chi connectivity index (χ0v) is 21.5. The van der Waals surface area contributed by atoms with Gasteiger partial charge in [0, 0.05) is 6.42 Å². The molecule has 3 aliphatic heterocycles. The van der Waals surface area contributed by atoms with Gasteiger partial charge in [-0.05, 0) is 37.7 Å². The summed E-state index contributed by atoms with van der Waals surface area (Å²) in [6.07, 6.45) is 11.7. The predicted octanol–water partition coefficient (Wildman–Crippen LogP) is 2.85. The van der Waals surface area contributed by atoms with Crippen LogP contribution in [-0.4, -0.2) is 72.9 Å². The van der Waals surface area contributed by atoms with Gasteiger partial charge in [-0.25, -0.2) is 0 Å². The monoisotopic (exact) mass is 491 g/mol. The number of rotatable bonds is 9. The fourth-order valence-corrected chi connectivity index (χ4v) is 4.76. The van der Waals surface area contributed by atoms with Crippen molar-refractivity contribution in [1.82, 2.24) is 5.32 Å². The van der Waals surface area contributed by atoms with Crippen molar-refractivity contribution < 1.29 is 33.6 Å². The standard InChI is InChI=1S/C27H41NO7/c1-17(2)11-12-24(29)28-21-13-18(3)22(34-19(21)4)9-7-6-8-10-23-26(31)27(16-33-27)15-20(35-23)14-25(30)32-5/h6-8,10-12,17-23,26,31H,9,13-16H2,1-5H3,(H,28,29)/b7-6+,10-8+,12-11-/t18-,19+,20+,21+,22-,23+,26+,27+/m0/s1. The molecule has 196 valence electrons. The molecule has 3 rings (SSSR count). The molecule has 3 saturated heterocycles. The molecular formula is C27H41NO7. The summed E-state index contributed by atoms with van der Waals surface area (Å²) in [7, 11) is 1.35. The van der Waals surface area contributed by atoms with Crippen molar-refractivity contribution in [2.45, 2.75) is 95.5 Å². The van der Waals surface area contributed by atoms with Crippen LogP contribution in [0.3, 0.4) is 0 Å². The number of esters is 1. The maximum atomic E-state index is 12.1. The number of hydrogen-bond acceptors (Lipinski definition) is 7. The van der Waals surface area contributed by atoms with Crippen molar-refractivity contribution in [3.8, 4) is 0 Å². The molecule has 0 saturated carbocycles. The third-order valence-corrected chi connectivity index (χ3v) is 7.00. The molecule has 35 heavy (non-hydrogen) atoms. The number of aliphatic hydroxyl groups excluding tert-OH is 1. The molecule has 0 aromatic heterocycles. The first-order chi connectivity index (χ1) is 16.6. The summed E-state index contributed by atoms with van der Waals surface area (Å²) < 4.78 is 22.4. The average molecular weight is 492 g/mol. The van der Waals surface area contributed by atoms with Gasteiger partial charge in [0.1, 0.15) is 17.8 Å². The van der Waals surface area contributed by atoms with E-state index in [-0.39, 0.29) is 42.7 Å². The largest absolute Gasteiger partial charge is 0.469 e. The highest BCUT2D eigenvalue weighted by atomic mass is 16.6. The first-order valence-corrected chi connectivity index (χ1v) is 12.7. The van der Waals surface area contributed by atoms with Crippen molar-refractivity contribution in [2.75, 3.05) is 13.7 Å². The van der Waals surface area contributed by atoms with Crippen molar-refractivity contribution in [2.24, 2.45) is 11.8 Å². The Kier molecular flexibility index (Phi) is 9.69. The molecule has 3 aliphatic rings. The van der Waals surface area contributed by atoms with Crippen molar-refractivity contribution >= 4 is 11.9 Å². The molecule has 8 atom stereocenters. The minimum absolute atomic E-state index is 0.00530. The number of nitrogens with one attached hydrogen (secondary N) is 1. The van der Waals surface area contributed by atoms with Crippen molar-refractivity contribution in [3.05, 3.63) is 36.5 Å². The van der Waals surface area contributed by atoms with Gasteiger partial charge < -0.3 is 29.4 Å². The molecule has 0 bridgehead atoms. The lowest BCUT2D eigenvalue weighted by Gasteiger charge is -2.39. The minimum Gasteiger partial charge on any atom is -0.469 e. The topological polar surface area (TPSA) is 107 Å². The van der Waals surface area contributed by atoms with Gasteiger partial charge in [0.25, 0.3) is 0 Å². The van der Waals surface area contributed by atoms with Crippen LogP contribution < -0.4 is 5.32 Å². The summed E-state index contributed by atoms with van der Waals surface area (Å²) in [6, 6.07) is -0.00530. The molecular weight excluding hydrogens is 450 g/mol. The van der Waals surface area contributed by atoms with Crippen LogP contribution in [-0.2, 0) is 28.5 Å². The maximum absolute atomic E-state index is 12.1. The summed E-state index contributed by atoms with van der Waals surface area (Å²) >= 11 is 0. The van der Waals surface area contributed by atoms with E-state index in [0.717, 1.165) is 12.8 Å². The van der Waals surface area contributed by atoms with E-state index in [2.05, 4.69) is 12.2 Å². The van der Waals surface area contributed by atoms with Gasteiger partial charge >= 0.3 is 5.97 Å². The lowest BCUT2D eigenvalue weighted by Crippen LogP contribution is -2.50. The van der Waals surface area contributed by atoms with Gasteiger partial charge in [0.2, 0.25) is 5.91 Å². The van der Waals surface area contributed by atoms with Crippen LogP contribution in [0, 0.1) is 11.8 Å². The SMILES string of the molecule is COC(=O)C[C@@H]1C[C@@]2(CO2)[C@H](O)[C@@H](/C=C/C=C/C[C@@H]2O[C@H](C)[C@H](NC(=O)/C=C\C(C)C)C[C@@H]2C)O1. The van der Waals surface area contributed by atoms with Gasteiger partial charge in [0.15, 0.2) is 0 Å². The van der Waals surface area contributed by atoms with E-state index in [0.29, 0.717) is 24.9 Å². The number of aliphatic hydroxyl groups is 1. The molecule has 0 aromatic rings. The van der Waals surface area contributed by atoms with Gasteiger partial charge in [-0.3, -0.25) is 9.59 Å². The fourth-order valence-electron chi connectivity index (χ4n) is 4.76. The number of epoxide rings is 1. The molecule has 1 amide bonds. The third-order valence-electron chi connectivity index (χ3n) is 7.00.